The molecular weight excluding hydrogens is 400 g/mol. The van der Waals surface area contributed by atoms with Crippen molar-refractivity contribution in [1.82, 2.24) is 0 Å². The Hall–Kier alpha value is -0.730. The first kappa shape index (κ1) is 30.3. The highest BCUT2D eigenvalue weighted by molar-refractivity contribution is 5.69. The number of carbonyl (C=O) groups is 1. The third-order valence-corrected chi connectivity index (χ3v) is 5.72. The van der Waals surface area contributed by atoms with Gasteiger partial charge in [-0.2, -0.15) is 0 Å². The van der Waals surface area contributed by atoms with E-state index in [1.807, 2.05) is 0 Å². The van der Waals surface area contributed by atoms with Crippen LogP contribution in [0.5, 0.6) is 0 Å². The molecule has 0 aliphatic rings. The van der Waals surface area contributed by atoms with E-state index in [-0.39, 0.29) is 6.42 Å². The van der Waals surface area contributed by atoms with Crippen LogP contribution in [-0.2, 0) is 9.53 Å². The molecule has 0 amide bonds. The predicted octanol–water partition coefficient (Wildman–Crippen LogP) is 3.23. The van der Waals surface area contributed by atoms with Gasteiger partial charge in [0.15, 0.2) is 0 Å². The number of unbranched alkanes of at least 4 members (excludes halogenated alkanes) is 14. The second kappa shape index (κ2) is 21.1. The summed E-state index contributed by atoms with van der Waals surface area (Å²) in [5, 5.41) is 46.8. The topological polar surface area (TPSA) is 127 Å². The van der Waals surface area contributed by atoms with E-state index >= 15 is 0 Å². The van der Waals surface area contributed by atoms with Crippen molar-refractivity contribution >= 4 is 5.97 Å². The van der Waals surface area contributed by atoms with Gasteiger partial charge in [0.25, 0.3) is 0 Å². The molecule has 5 N–H and O–H groups in total. The molecule has 0 aromatic heterocycles. The van der Waals surface area contributed by atoms with E-state index in [0.717, 1.165) is 19.3 Å². The minimum absolute atomic E-state index is 0.253. The molecule has 186 valence electrons. The molecule has 0 unspecified atom stereocenters. The minimum atomic E-state index is -1.71. The van der Waals surface area contributed by atoms with Crippen LogP contribution in [0.1, 0.15) is 110 Å². The molecule has 0 heterocycles. The van der Waals surface area contributed by atoms with E-state index in [1.165, 1.54) is 77.0 Å². The molecule has 0 bridgehead atoms. The average Bonchev–Trinajstić information content (AvgIpc) is 2.78. The highest BCUT2D eigenvalue weighted by Gasteiger charge is 2.30. The Morgan fingerprint density at radius 1 is 0.645 bits per heavy atom. The van der Waals surface area contributed by atoms with Crippen LogP contribution in [0.4, 0.5) is 0 Å². The number of aliphatic hydroxyl groups is 5. The fraction of sp³-hybridized carbons (Fsp3) is 0.958. The largest absolute Gasteiger partial charge is 0.463 e. The molecule has 0 aromatic rings. The van der Waals surface area contributed by atoms with Crippen LogP contribution >= 0.6 is 0 Å². The zero-order valence-electron chi connectivity index (χ0n) is 19.6. The SMILES string of the molecule is CCCCCCCCCCCCCCCCCC(=O)OC[C@@H](O)[C@@H](O)[C@H](O)[C@H](O)CO. The Kier molecular flexibility index (Phi) is 20.6. The summed E-state index contributed by atoms with van der Waals surface area (Å²) in [6.45, 7) is 1.04. The van der Waals surface area contributed by atoms with Gasteiger partial charge in [0.2, 0.25) is 0 Å². The van der Waals surface area contributed by atoms with E-state index in [4.69, 9.17) is 9.84 Å². The Balaban J connectivity index is 3.46. The van der Waals surface area contributed by atoms with Crippen LogP contribution in [0.2, 0.25) is 0 Å². The first-order valence-corrected chi connectivity index (χ1v) is 12.4. The number of rotatable bonds is 22. The van der Waals surface area contributed by atoms with Crippen molar-refractivity contribution < 1.29 is 35.1 Å². The number of esters is 1. The van der Waals surface area contributed by atoms with Gasteiger partial charge in [-0.25, -0.2) is 0 Å². The molecule has 0 aliphatic carbocycles. The van der Waals surface area contributed by atoms with Crippen LogP contribution in [0.25, 0.3) is 0 Å². The van der Waals surface area contributed by atoms with Crippen LogP contribution in [0.3, 0.4) is 0 Å². The summed E-state index contributed by atoms with van der Waals surface area (Å²) in [5.41, 5.74) is 0. The van der Waals surface area contributed by atoms with Gasteiger partial charge in [-0.05, 0) is 6.42 Å². The molecule has 0 fully saturated rings. The molecule has 7 heteroatoms. The fourth-order valence-electron chi connectivity index (χ4n) is 3.55. The lowest BCUT2D eigenvalue weighted by Crippen LogP contribution is -2.47. The van der Waals surface area contributed by atoms with Gasteiger partial charge in [0.1, 0.15) is 31.0 Å². The fourth-order valence-corrected chi connectivity index (χ4v) is 3.55. The van der Waals surface area contributed by atoms with Gasteiger partial charge in [-0.1, -0.05) is 96.8 Å². The quantitative estimate of drug-likeness (QED) is 0.127. The van der Waals surface area contributed by atoms with Crippen molar-refractivity contribution in [3.8, 4) is 0 Å². The molecule has 7 nitrogen and oxygen atoms in total. The van der Waals surface area contributed by atoms with E-state index in [9.17, 15) is 25.2 Å². The number of hydrogen-bond acceptors (Lipinski definition) is 7. The molecule has 0 aromatic carbocycles. The highest BCUT2D eigenvalue weighted by atomic mass is 16.5. The first-order chi connectivity index (χ1) is 14.9. The molecular formula is C24H48O7. The Bertz CT molecular complexity index is 405. The third-order valence-electron chi connectivity index (χ3n) is 5.72. The monoisotopic (exact) mass is 448 g/mol. The average molecular weight is 449 g/mol. The van der Waals surface area contributed by atoms with Crippen molar-refractivity contribution in [1.29, 1.82) is 0 Å². The summed E-state index contributed by atoms with van der Waals surface area (Å²) < 4.78 is 4.90. The zero-order valence-corrected chi connectivity index (χ0v) is 19.6. The van der Waals surface area contributed by atoms with Gasteiger partial charge in [-0.15, -0.1) is 0 Å². The Morgan fingerprint density at radius 3 is 1.45 bits per heavy atom. The van der Waals surface area contributed by atoms with Gasteiger partial charge in [-0.3, -0.25) is 4.79 Å². The summed E-state index contributed by atoms with van der Waals surface area (Å²) in [4.78, 5) is 11.7. The van der Waals surface area contributed by atoms with Gasteiger partial charge < -0.3 is 30.3 Å². The maximum atomic E-state index is 11.7. The summed E-state index contributed by atoms with van der Waals surface area (Å²) in [6.07, 6.45) is 12.5. The van der Waals surface area contributed by atoms with Crippen molar-refractivity contribution in [3.63, 3.8) is 0 Å². The van der Waals surface area contributed by atoms with Crippen LogP contribution < -0.4 is 0 Å². The summed E-state index contributed by atoms with van der Waals surface area (Å²) >= 11 is 0. The summed E-state index contributed by atoms with van der Waals surface area (Å²) in [7, 11) is 0. The van der Waals surface area contributed by atoms with Crippen molar-refractivity contribution in [2.75, 3.05) is 13.2 Å². The Morgan fingerprint density at radius 2 is 1.03 bits per heavy atom. The number of aliphatic hydroxyl groups excluding tert-OH is 5. The minimum Gasteiger partial charge on any atom is -0.463 e. The zero-order chi connectivity index (χ0) is 23.3. The smallest absolute Gasteiger partial charge is 0.305 e. The van der Waals surface area contributed by atoms with Crippen LogP contribution in [0.15, 0.2) is 0 Å². The third kappa shape index (κ3) is 17.5. The second-order valence-corrected chi connectivity index (χ2v) is 8.68. The highest BCUT2D eigenvalue weighted by Crippen LogP contribution is 2.14. The van der Waals surface area contributed by atoms with E-state index < -0.39 is 43.6 Å². The standard InChI is InChI=1S/C24H48O7/c1-2-3-4-5-6-7-8-9-10-11-12-13-14-15-16-17-22(28)31-19-21(27)24(30)23(29)20(26)18-25/h20-21,23-27,29-30H,2-19H2,1H3/t20-,21-,23-,24-/m1/s1. The lowest BCUT2D eigenvalue weighted by Gasteiger charge is -2.25. The second-order valence-electron chi connectivity index (χ2n) is 8.68. The lowest BCUT2D eigenvalue weighted by atomic mass is 10.0. The summed E-state index contributed by atoms with van der Waals surface area (Å²) in [6, 6.07) is 0. The molecule has 31 heavy (non-hydrogen) atoms. The molecule has 0 aliphatic heterocycles. The van der Waals surface area contributed by atoms with Crippen LogP contribution in [0, 0.1) is 0 Å². The van der Waals surface area contributed by atoms with Crippen LogP contribution in [-0.4, -0.2) is 69.1 Å². The normalized spacial score (nSPS) is 15.4. The molecule has 4 atom stereocenters. The lowest BCUT2D eigenvalue weighted by molar-refractivity contribution is -0.156. The van der Waals surface area contributed by atoms with E-state index in [0.29, 0.717) is 0 Å². The molecule has 0 spiro atoms. The molecule has 0 saturated heterocycles. The van der Waals surface area contributed by atoms with Crippen molar-refractivity contribution in [3.05, 3.63) is 0 Å². The maximum Gasteiger partial charge on any atom is 0.305 e. The van der Waals surface area contributed by atoms with E-state index in [2.05, 4.69) is 6.92 Å². The van der Waals surface area contributed by atoms with Gasteiger partial charge >= 0.3 is 5.97 Å². The van der Waals surface area contributed by atoms with Crippen molar-refractivity contribution in [2.24, 2.45) is 0 Å². The molecule has 0 radical (unpaired) electrons. The molecule has 0 rings (SSSR count). The Labute approximate surface area is 188 Å². The maximum absolute atomic E-state index is 11.7. The first-order valence-electron chi connectivity index (χ1n) is 12.4. The van der Waals surface area contributed by atoms with Gasteiger partial charge in [0, 0.05) is 6.42 Å². The number of hydrogen-bond donors (Lipinski definition) is 5. The number of ether oxygens (including phenoxy) is 1. The summed E-state index contributed by atoms with van der Waals surface area (Å²) in [5.74, 6) is -0.460. The van der Waals surface area contributed by atoms with Crippen molar-refractivity contribution in [2.45, 2.75) is 134 Å². The van der Waals surface area contributed by atoms with Gasteiger partial charge in [0.05, 0.1) is 6.61 Å². The van der Waals surface area contributed by atoms with E-state index in [1.54, 1.807) is 0 Å². The molecule has 0 saturated carbocycles. The predicted molar refractivity (Wildman–Crippen MR) is 122 cm³/mol. The number of carbonyl (C=O) groups excluding carboxylic acids is 1.